The normalized spacial score (nSPS) is 12.2. The van der Waals surface area contributed by atoms with E-state index in [1.165, 1.54) is 109 Å². The maximum absolute atomic E-state index is 12.1. The number of esters is 2. The van der Waals surface area contributed by atoms with Crippen molar-refractivity contribution in [2.75, 3.05) is 13.2 Å². The summed E-state index contributed by atoms with van der Waals surface area (Å²) in [5.41, 5.74) is 0. The lowest BCUT2D eigenvalue weighted by Crippen LogP contribution is -2.28. The third-order valence-electron chi connectivity index (χ3n) is 7.56. The molecule has 0 radical (unpaired) electrons. The molecule has 5 heteroatoms. The largest absolute Gasteiger partial charge is 0.462 e. The average Bonchev–Trinajstić information content (AvgIpc) is 2.96. The Balaban J connectivity index is 3.57. The van der Waals surface area contributed by atoms with Crippen LogP contribution in [-0.4, -0.2) is 36.4 Å². The van der Waals surface area contributed by atoms with Gasteiger partial charge in [-0.25, -0.2) is 0 Å². The summed E-state index contributed by atoms with van der Waals surface area (Å²) in [6.07, 6.45) is 34.0. The van der Waals surface area contributed by atoms with Crippen molar-refractivity contribution in [2.24, 2.45) is 0 Å². The minimum absolute atomic E-state index is 0.0638. The van der Waals surface area contributed by atoms with Crippen LogP contribution in [0.4, 0.5) is 0 Å². The fourth-order valence-electron chi connectivity index (χ4n) is 4.90. The van der Waals surface area contributed by atoms with Crippen LogP contribution in [0, 0.1) is 0 Å². The first-order chi connectivity index (χ1) is 19.6. The molecule has 0 aliphatic heterocycles. The molecule has 0 fully saturated rings. The Morgan fingerprint density at radius 1 is 0.550 bits per heavy atom. The van der Waals surface area contributed by atoms with Crippen LogP contribution in [0.3, 0.4) is 0 Å². The highest BCUT2D eigenvalue weighted by Gasteiger charge is 2.16. The summed E-state index contributed by atoms with van der Waals surface area (Å²) >= 11 is 0. The van der Waals surface area contributed by atoms with Crippen molar-refractivity contribution in [3.63, 3.8) is 0 Å². The summed E-state index contributed by atoms with van der Waals surface area (Å²) < 4.78 is 10.5. The fourth-order valence-corrected chi connectivity index (χ4v) is 4.90. The lowest BCUT2D eigenvalue weighted by Gasteiger charge is -2.15. The highest BCUT2D eigenvalue weighted by molar-refractivity contribution is 5.70. The van der Waals surface area contributed by atoms with Crippen molar-refractivity contribution in [3.05, 3.63) is 12.2 Å². The van der Waals surface area contributed by atoms with Crippen LogP contribution in [0.25, 0.3) is 0 Å². The Hall–Kier alpha value is -1.36. The Labute approximate surface area is 248 Å². The van der Waals surface area contributed by atoms with Gasteiger partial charge in [0.2, 0.25) is 0 Å². The molecule has 0 amide bonds. The smallest absolute Gasteiger partial charge is 0.306 e. The molecule has 1 atom stereocenters. The Bertz CT molecular complexity index is 574. The maximum atomic E-state index is 12.1. The monoisotopic (exact) mass is 566 g/mol. The van der Waals surface area contributed by atoms with Gasteiger partial charge in [0.15, 0.2) is 6.10 Å². The molecule has 0 saturated carbocycles. The second-order valence-electron chi connectivity index (χ2n) is 11.6. The Kier molecular flexibility index (Phi) is 31.1. The van der Waals surface area contributed by atoms with Gasteiger partial charge in [-0.1, -0.05) is 142 Å². The zero-order valence-electron chi connectivity index (χ0n) is 26.6. The quantitative estimate of drug-likeness (QED) is 0.0513. The van der Waals surface area contributed by atoms with E-state index in [-0.39, 0.29) is 25.2 Å². The lowest BCUT2D eigenvalue weighted by molar-refractivity contribution is -0.161. The first-order valence-corrected chi connectivity index (χ1v) is 17.2. The number of carbonyl (C=O) groups excluding carboxylic acids is 2. The SMILES string of the molecule is CCCCCC/C=C\CCCCCCCC(=O)O[C@H](CO)COC(=O)CCCCCCCCCCCCCCC. The second kappa shape index (κ2) is 32.2. The van der Waals surface area contributed by atoms with E-state index in [2.05, 4.69) is 26.0 Å². The van der Waals surface area contributed by atoms with Crippen molar-refractivity contribution in [1.29, 1.82) is 0 Å². The van der Waals surface area contributed by atoms with Gasteiger partial charge in [0.1, 0.15) is 6.61 Å². The predicted octanol–water partition coefficient (Wildman–Crippen LogP) is 10.2. The number of ether oxygens (including phenoxy) is 2. The standard InChI is InChI=1S/C35H66O5/c1-3-5-7-9-11-13-15-17-19-21-23-25-27-29-34(37)39-32-33(31-36)40-35(38)30-28-26-24-22-20-18-16-14-12-10-8-6-4-2/h14,16,33,36H,3-13,15,17-32H2,1-2H3/b16-14-/t33-/m1/s1. The summed E-state index contributed by atoms with van der Waals surface area (Å²) in [5.74, 6) is -0.596. The third-order valence-corrected chi connectivity index (χ3v) is 7.56. The number of rotatable bonds is 31. The fraction of sp³-hybridized carbons (Fsp3) is 0.886. The number of allylic oxidation sites excluding steroid dienone is 2. The van der Waals surface area contributed by atoms with Gasteiger partial charge in [-0.05, 0) is 38.5 Å². The van der Waals surface area contributed by atoms with Crippen LogP contribution in [-0.2, 0) is 19.1 Å². The van der Waals surface area contributed by atoms with E-state index < -0.39 is 6.10 Å². The second-order valence-corrected chi connectivity index (χ2v) is 11.6. The zero-order chi connectivity index (χ0) is 29.4. The molecule has 5 nitrogen and oxygen atoms in total. The molecule has 0 spiro atoms. The minimum Gasteiger partial charge on any atom is -0.462 e. The molecule has 0 aliphatic carbocycles. The number of hydrogen-bond donors (Lipinski definition) is 1. The van der Waals surface area contributed by atoms with Gasteiger partial charge in [-0.15, -0.1) is 0 Å². The molecule has 0 aromatic rings. The van der Waals surface area contributed by atoms with Crippen LogP contribution in [0.2, 0.25) is 0 Å². The van der Waals surface area contributed by atoms with Crippen molar-refractivity contribution in [3.8, 4) is 0 Å². The first-order valence-electron chi connectivity index (χ1n) is 17.2. The number of carbonyl (C=O) groups is 2. The number of aliphatic hydroxyl groups is 1. The Morgan fingerprint density at radius 3 is 1.38 bits per heavy atom. The lowest BCUT2D eigenvalue weighted by atomic mass is 10.0. The number of hydrogen-bond acceptors (Lipinski definition) is 5. The molecule has 0 saturated heterocycles. The number of unbranched alkanes of at least 4 members (excludes halogenated alkanes) is 21. The molecule has 0 aliphatic rings. The van der Waals surface area contributed by atoms with E-state index in [4.69, 9.17) is 9.47 Å². The van der Waals surface area contributed by atoms with Gasteiger partial charge in [-0.3, -0.25) is 9.59 Å². The molecule has 0 rings (SSSR count). The highest BCUT2D eigenvalue weighted by atomic mass is 16.6. The number of aliphatic hydroxyl groups excluding tert-OH is 1. The van der Waals surface area contributed by atoms with E-state index in [9.17, 15) is 14.7 Å². The average molecular weight is 567 g/mol. The van der Waals surface area contributed by atoms with Crippen LogP contribution >= 0.6 is 0 Å². The first kappa shape index (κ1) is 38.6. The van der Waals surface area contributed by atoms with Crippen LogP contribution in [0.15, 0.2) is 12.2 Å². The Morgan fingerprint density at radius 2 is 0.925 bits per heavy atom. The summed E-state index contributed by atoms with van der Waals surface area (Å²) in [6, 6.07) is 0. The van der Waals surface area contributed by atoms with Crippen LogP contribution < -0.4 is 0 Å². The predicted molar refractivity (Wildman–Crippen MR) is 168 cm³/mol. The third kappa shape index (κ3) is 29.6. The van der Waals surface area contributed by atoms with Crippen molar-refractivity contribution in [1.82, 2.24) is 0 Å². The summed E-state index contributed by atoms with van der Waals surface area (Å²) in [5, 5.41) is 9.50. The van der Waals surface area contributed by atoms with Gasteiger partial charge < -0.3 is 14.6 Å². The van der Waals surface area contributed by atoms with Gasteiger partial charge in [-0.2, -0.15) is 0 Å². The molecule has 0 aromatic carbocycles. The molecule has 0 aromatic heterocycles. The topological polar surface area (TPSA) is 72.8 Å². The van der Waals surface area contributed by atoms with E-state index >= 15 is 0 Å². The van der Waals surface area contributed by atoms with Crippen molar-refractivity contribution >= 4 is 11.9 Å². The molecular weight excluding hydrogens is 500 g/mol. The van der Waals surface area contributed by atoms with E-state index in [0.29, 0.717) is 12.8 Å². The summed E-state index contributed by atoms with van der Waals surface area (Å²) in [6.45, 7) is 4.11. The molecule has 0 bridgehead atoms. The van der Waals surface area contributed by atoms with E-state index in [0.717, 1.165) is 44.9 Å². The molecule has 1 N–H and O–H groups in total. The molecular formula is C35H66O5. The van der Waals surface area contributed by atoms with Gasteiger partial charge >= 0.3 is 11.9 Å². The molecule has 40 heavy (non-hydrogen) atoms. The summed E-state index contributed by atoms with van der Waals surface area (Å²) in [7, 11) is 0. The van der Waals surface area contributed by atoms with Gasteiger partial charge in [0, 0.05) is 12.8 Å². The minimum atomic E-state index is -0.767. The summed E-state index contributed by atoms with van der Waals surface area (Å²) in [4.78, 5) is 24.1. The van der Waals surface area contributed by atoms with Crippen LogP contribution in [0.1, 0.15) is 181 Å². The molecule has 0 heterocycles. The van der Waals surface area contributed by atoms with Crippen molar-refractivity contribution < 1.29 is 24.2 Å². The molecule has 236 valence electrons. The van der Waals surface area contributed by atoms with E-state index in [1.54, 1.807) is 0 Å². The van der Waals surface area contributed by atoms with Crippen molar-refractivity contribution in [2.45, 2.75) is 187 Å². The van der Waals surface area contributed by atoms with E-state index in [1.807, 2.05) is 0 Å². The van der Waals surface area contributed by atoms with Gasteiger partial charge in [0.05, 0.1) is 6.61 Å². The highest BCUT2D eigenvalue weighted by Crippen LogP contribution is 2.14. The molecule has 0 unspecified atom stereocenters. The van der Waals surface area contributed by atoms with Gasteiger partial charge in [0.25, 0.3) is 0 Å². The van der Waals surface area contributed by atoms with Crippen LogP contribution in [0.5, 0.6) is 0 Å². The maximum Gasteiger partial charge on any atom is 0.306 e. The zero-order valence-corrected chi connectivity index (χ0v) is 26.6.